The van der Waals surface area contributed by atoms with Gasteiger partial charge in [0, 0.05) is 13.0 Å². The molecule has 1 fully saturated rings. The summed E-state index contributed by atoms with van der Waals surface area (Å²) in [5.74, 6) is -2.12. The minimum atomic E-state index is -1.32. The molecule has 4 N–H and O–H groups in total. The summed E-state index contributed by atoms with van der Waals surface area (Å²) < 4.78 is 9.78. The molecular formula is C9H16O7. The molecule has 1 heterocycles. The number of carboxylic acids is 1. The van der Waals surface area contributed by atoms with E-state index < -0.39 is 42.9 Å². The second-order valence-corrected chi connectivity index (χ2v) is 3.72. The van der Waals surface area contributed by atoms with Crippen molar-refractivity contribution in [1.29, 1.82) is 0 Å². The number of ether oxygens (including phenoxy) is 2. The summed E-state index contributed by atoms with van der Waals surface area (Å²) in [7, 11) is 1.36. The van der Waals surface area contributed by atoms with Gasteiger partial charge >= 0.3 is 5.97 Å². The average molecular weight is 236 g/mol. The second kappa shape index (κ2) is 5.55. The lowest BCUT2D eigenvalue weighted by Gasteiger charge is -2.40. The van der Waals surface area contributed by atoms with Crippen LogP contribution in [-0.4, -0.2) is 71.1 Å². The Bertz CT molecular complexity index is 244. The van der Waals surface area contributed by atoms with E-state index in [2.05, 4.69) is 0 Å². The predicted molar refractivity (Wildman–Crippen MR) is 50.8 cm³/mol. The molecule has 5 atom stereocenters. The molecule has 0 amide bonds. The summed E-state index contributed by atoms with van der Waals surface area (Å²) in [5.41, 5.74) is 0. The first kappa shape index (κ1) is 13.3. The van der Waals surface area contributed by atoms with E-state index >= 15 is 0 Å². The molecule has 16 heavy (non-hydrogen) atoms. The van der Waals surface area contributed by atoms with Gasteiger partial charge in [-0.15, -0.1) is 0 Å². The number of carboxylic acid groups (broad SMARTS) is 1. The van der Waals surface area contributed by atoms with Crippen LogP contribution >= 0.6 is 0 Å². The summed E-state index contributed by atoms with van der Waals surface area (Å²) in [4.78, 5) is 10.9. The molecule has 0 radical (unpaired) electrons. The zero-order valence-electron chi connectivity index (χ0n) is 8.81. The smallest absolute Gasteiger partial charge is 0.333 e. The van der Waals surface area contributed by atoms with Gasteiger partial charge in [-0.05, 0) is 0 Å². The Balaban J connectivity index is 2.83. The first-order chi connectivity index (χ1) is 7.52. The van der Waals surface area contributed by atoms with Crippen molar-refractivity contribution >= 4 is 5.97 Å². The van der Waals surface area contributed by atoms with Crippen molar-refractivity contribution in [3.63, 3.8) is 0 Å². The Kier molecular flexibility index (Phi) is 4.63. The van der Waals surface area contributed by atoms with Gasteiger partial charge in [0.15, 0.2) is 6.10 Å². The number of aliphatic carboxylic acids is 1. The average Bonchev–Trinajstić information content (AvgIpc) is 2.25. The maximum atomic E-state index is 10.9. The molecule has 2 unspecified atom stereocenters. The van der Waals surface area contributed by atoms with Gasteiger partial charge in [-0.1, -0.05) is 0 Å². The van der Waals surface area contributed by atoms with E-state index in [-0.39, 0.29) is 6.61 Å². The van der Waals surface area contributed by atoms with E-state index in [9.17, 15) is 15.0 Å². The Morgan fingerprint density at radius 2 is 2.00 bits per heavy atom. The molecule has 7 heteroatoms. The Labute approximate surface area is 92.2 Å². The lowest BCUT2D eigenvalue weighted by atomic mass is 9.87. The van der Waals surface area contributed by atoms with Gasteiger partial charge in [-0.25, -0.2) is 4.79 Å². The molecule has 94 valence electrons. The number of aliphatic hydroxyl groups excluding tert-OH is 3. The summed E-state index contributed by atoms with van der Waals surface area (Å²) in [6.45, 7) is -0.602. The number of carbonyl (C=O) groups is 1. The van der Waals surface area contributed by atoms with Crippen molar-refractivity contribution in [3.05, 3.63) is 0 Å². The molecule has 0 bridgehead atoms. The highest BCUT2D eigenvalue weighted by atomic mass is 16.6. The van der Waals surface area contributed by atoms with E-state index in [1.54, 1.807) is 0 Å². The van der Waals surface area contributed by atoms with Crippen LogP contribution in [-0.2, 0) is 14.3 Å². The van der Waals surface area contributed by atoms with Crippen molar-refractivity contribution in [1.82, 2.24) is 0 Å². The zero-order chi connectivity index (χ0) is 12.3. The van der Waals surface area contributed by atoms with Crippen molar-refractivity contribution in [3.8, 4) is 0 Å². The first-order valence-electron chi connectivity index (χ1n) is 4.87. The molecule has 0 aromatic heterocycles. The molecule has 1 saturated heterocycles. The van der Waals surface area contributed by atoms with E-state index in [1.165, 1.54) is 7.11 Å². The second-order valence-electron chi connectivity index (χ2n) is 3.72. The van der Waals surface area contributed by atoms with Crippen LogP contribution in [0.3, 0.4) is 0 Å². The number of rotatable bonds is 4. The SMILES string of the molecule is COC[C@@H]1C(C(=O)O)O[C@@H](CO)[C@H](O)C1O. The molecule has 1 aliphatic rings. The fraction of sp³-hybridized carbons (Fsp3) is 0.889. The van der Waals surface area contributed by atoms with Gasteiger partial charge in [-0.2, -0.15) is 0 Å². The molecule has 0 aliphatic carbocycles. The van der Waals surface area contributed by atoms with Crippen LogP contribution in [0.4, 0.5) is 0 Å². The minimum Gasteiger partial charge on any atom is -0.479 e. The third-order valence-electron chi connectivity index (χ3n) is 2.66. The van der Waals surface area contributed by atoms with Crippen LogP contribution in [0, 0.1) is 5.92 Å². The molecule has 0 saturated carbocycles. The van der Waals surface area contributed by atoms with Crippen LogP contribution in [0.15, 0.2) is 0 Å². The zero-order valence-corrected chi connectivity index (χ0v) is 8.81. The van der Waals surface area contributed by atoms with Gasteiger partial charge in [0.1, 0.15) is 12.2 Å². The third kappa shape index (κ3) is 2.50. The highest BCUT2D eigenvalue weighted by molar-refractivity contribution is 5.73. The van der Waals surface area contributed by atoms with Gasteiger partial charge in [-0.3, -0.25) is 0 Å². The molecule has 0 aromatic rings. The Morgan fingerprint density at radius 3 is 2.44 bits per heavy atom. The van der Waals surface area contributed by atoms with Crippen LogP contribution in [0.1, 0.15) is 0 Å². The summed E-state index contributed by atoms with van der Waals surface area (Å²) in [6, 6.07) is 0. The highest BCUT2D eigenvalue weighted by Crippen LogP contribution is 2.26. The van der Waals surface area contributed by atoms with E-state index in [4.69, 9.17) is 19.7 Å². The van der Waals surface area contributed by atoms with Crippen LogP contribution in [0.5, 0.6) is 0 Å². The van der Waals surface area contributed by atoms with Crippen molar-refractivity contribution < 1.29 is 34.7 Å². The molecule has 0 aromatic carbocycles. The van der Waals surface area contributed by atoms with Crippen LogP contribution in [0.2, 0.25) is 0 Å². The van der Waals surface area contributed by atoms with Crippen molar-refractivity contribution in [2.75, 3.05) is 20.3 Å². The molecule has 0 spiro atoms. The number of methoxy groups -OCH3 is 1. The van der Waals surface area contributed by atoms with E-state index in [0.717, 1.165) is 0 Å². The normalized spacial score (nSPS) is 39.6. The van der Waals surface area contributed by atoms with Gasteiger partial charge in [0.2, 0.25) is 0 Å². The van der Waals surface area contributed by atoms with Crippen LogP contribution < -0.4 is 0 Å². The quantitative estimate of drug-likeness (QED) is 0.438. The van der Waals surface area contributed by atoms with Gasteiger partial charge in [0.05, 0.1) is 19.3 Å². The van der Waals surface area contributed by atoms with Crippen molar-refractivity contribution in [2.45, 2.75) is 24.4 Å². The highest BCUT2D eigenvalue weighted by Gasteiger charge is 2.47. The molecule has 1 rings (SSSR count). The third-order valence-corrected chi connectivity index (χ3v) is 2.66. The lowest BCUT2D eigenvalue weighted by molar-refractivity contribution is -0.223. The Hall–Kier alpha value is -0.730. The maximum absolute atomic E-state index is 10.9. The van der Waals surface area contributed by atoms with E-state index in [0.29, 0.717) is 0 Å². The molecule has 1 aliphatic heterocycles. The standard InChI is InChI=1S/C9H16O7/c1-15-3-4-6(11)7(12)5(2-10)16-8(4)9(13)14/h4-8,10-12H,2-3H2,1H3,(H,13,14)/t4-,5-,6?,7-,8?/m0/s1. The molecule has 7 nitrogen and oxygen atoms in total. The lowest BCUT2D eigenvalue weighted by Crippen LogP contribution is -2.58. The monoisotopic (exact) mass is 236 g/mol. The maximum Gasteiger partial charge on any atom is 0.333 e. The summed E-state index contributed by atoms with van der Waals surface area (Å²) in [6.07, 6.45) is -5.01. The Morgan fingerprint density at radius 1 is 1.38 bits per heavy atom. The summed E-state index contributed by atoms with van der Waals surface area (Å²) in [5, 5.41) is 37.0. The summed E-state index contributed by atoms with van der Waals surface area (Å²) >= 11 is 0. The largest absolute Gasteiger partial charge is 0.479 e. The van der Waals surface area contributed by atoms with Crippen molar-refractivity contribution in [2.24, 2.45) is 5.92 Å². The van der Waals surface area contributed by atoms with Crippen LogP contribution in [0.25, 0.3) is 0 Å². The van der Waals surface area contributed by atoms with Gasteiger partial charge < -0.3 is 29.9 Å². The molecular weight excluding hydrogens is 220 g/mol. The van der Waals surface area contributed by atoms with Gasteiger partial charge in [0.25, 0.3) is 0 Å². The topological polar surface area (TPSA) is 116 Å². The fourth-order valence-electron chi connectivity index (χ4n) is 1.79. The fourth-order valence-corrected chi connectivity index (χ4v) is 1.79. The number of hydrogen-bond donors (Lipinski definition) is 4. The predicted octanol–water partition coefficient (Wildman–Crippen LogP) is -2.18. The number of aliphatic hydroxyl groups is 3. The van der Waals surface area contributed by atoms with E-state index in [1.807, 2.05) is 0 Å². The minimum absolute atomic E-state index is 0.0483. The first-order valence-corrected chi connectivity index (χ1v) is 4.87. The number of hydrogen-bond acceptors (Lipinski definition) is 6.